The molecule has 0 radical (unpaired) electrons. The Balaban J connectivity index is 4.30. The molecule has 0 saturated carbocycles. The molecule has 0 aromatic heterocycles. The summed E-state index contributed by atoms with van der Waals surface area (Å²) in [4.78, 5) is 11.7. The first-order chi connectivity index (χ1) is 8.06. The van der Waals surface area contributed by atoms with E-state index in [1.54, 1.807) is 0 Å². The molecule has 0 aromatic rings. The number of amides is 1. The lowest BCUT2D eigenvalue weighted by atomic mass is 9.81. The van der Waals surface area contributed by atoms with Gasteiger partial charge < -0.3 is 5.32 Å². The maximum Gasteiger partial charge on any atom is 0.220 e. The van der Waals surface area contributed by atoms with Gasteiger partial charge in [-0.3, -0.25) is 4.79 Å². The summed E-state index contributed by atoms with van der Waals surface area (Å²) in [6, 6.07) is 0.291. The fourth-order valence-electron chi connectivity index (χ4n) is 2.05. The summed E-state index contributed by atoms with van der Waals surface area (Å²) in [7, 11) is 0. The maximum atomic E-state index is 11.7. The standard InChI is InChI=1S/C16H33NO/c1-8-10-14(18)17-13(16(5,6)7)11-9-12-15(2,3)4/h13H,8-12H2,1-7H3,(H,17,18). The van der Waals surface area contributed by atoms with Gasteiger partial charge in [-0.25, -0.2) is 0 Å². The highest BCUT2D eigenvalue weighted by Crippen LogP contribution is 2.27. The van der Waals surface area contributed by atoms with Gasteiger partial charge in [0.05, 0.1) is 0 Å². The Morgan fingerprint density at radius 3 is 2.06 bits per heavy atom. The lowest BCUT2D eigenvalue weighted by Crippen LogP contribution is -2.43. The lowest BCUT2D eigenvalue weighted by Gasteiger charge is -2.32. The zero-order valence-electron chi connectivity index (χ0n) is 13.5. The number of hydrogen-bond donors (Lipinski definition) is 1. The van der Waals surface area contributed by atoms with Gasteiger partial charge in [-0.05, 0) is 30.1 Å². The van der Waals surface area contributed by atoms with Gasteiger partial charge in [-0.2, -0.15) is 0 Å². The topological polar surface area (TPSA) is 29.1 Å². The second-order valence-corrected chi connectivity index (χ2v) is 7.69. The third kappa shape index (κ3) is 8.54. The minimum Gasteiger partial charge on any atom is -0.353 e. The third-order valence-corrected chi connectivity index (χ3v) is 3.28. The average Bonchev–Trinajstić information content (AvgIpc) is 2.13. The molecule has 0 fully saturated rings. The molecule has 0 aliphatic heterocycles. The first-order valence-electron chi connectivity index (χ1n) is 7.35. The molecule has 1 unspecified atom stereocenters. The molecule has 2 nitrogen and oxygen atoms in total. The first-order valence-corrected chi connectivity index (χ1v) is 7.35. The number of rotatable bonds is 6. The van der Waals surface area contributed by atoms with Crippen molar-refractivity contribution < 1.29 is 4.79 Å². The quantitative estimate of drug-likeness (QED) is 0.742. The molecule has 1 amide bonds. The second kappa shape index (κ2) is 7.16. The molecule has 0 saturated heterocycles. The monoisotopic (exact) mass is 255 g/mol. The first kappa shape index (κ1) is 17.5. The molecule has 0 bridgehead atoms. The highest BCUT2D eigenvalue weighted by molar-refractivity contribution is 5.76. The molecule has 0 heterocycles. The zero-order valence-corrected chi connectivity index (χ0v) is 13.5. The van der Waals surface area contributed by atoms with E-state index in [-0.39, 0.29) is 11.3 Å². The Morgan fingerprint density at radius 2 is 1.67 bits per heavy atom. The maximum absolute atomic E-state index is 11.7. The second-order valence-electron chi connectivity index (χ2n) is 7.69. The van der Waals surface area contributed by atoms with Crippen molar-refractivity contribution in [1.82, 2.24) is 5.32 Å². The molecule has 2 heteroatoms. The summed E-state index contributed by atoms with van der Waals surface area (Å²) in [6.07, 6.45) is 5.04. The molecule has 0 spiro atoms. The van der Waals surface area contributed by atoms with Crippen molar-refractivity contribution in [3.05, 3.63) is 0 Å². The summed E-state index contributed by atoms with van der Waals surface area (Å²) in [5, 5.41) is 3.21. The van der Waals surface area contributed by atoms with Crippen LogP contribution in [-0.2, 0) is 4.79 Å². The van der Waals surface area contributed by atoms with Crippen molar-refractivity contribution in [2.45, 2.75) is 86.6 Å². The van der Waals surface area contributed by atoms with Gasteiger partial charge in [0.2, 0.25) is 5.91 Å². The largest absolute Gasteiger partial charge is 0.353 e. The molecule has 18 heavy (non-hydrogen) atoms. The van der Waals surface area contributed by atoms with E-state index in [1.807, 2.05) is 6.92 Å². The van der Waals surface area contributed by atoms with E-state index in [1.165, 1.54) is 12.8 Å². The Kier molecular flexibility index (Phi) is 6.94. The van der Waals surface area contributed by atoms with Crippen LogP contribution in [0.15, 0.2) is 0 Å². The lowest BCUT2D eigenvalue weighted by molar-refractivity contribution is -0.122. The highest BCUT2D eigenvalue weighted by Gasteiger charge is 2.26. The average molecular weight is 255 g/mol. The van der Waals surface area contributed by atoms with Crippen molar-refractivity contribution in [3.63, 3.8) is 0 Å². The summed E-state index contributed by atoms with van der Waals surface area (Å²) < 4.78 is 0. The van der Waals surface area contributed by atoms with Gasteiger partial charge in [0.15, 0.2) is 0 Å². The molecule has 0 aliphatic carbocycles. The normalized spacial score (nSPS) is 14.4. The van der Waals surface area contributed by atoms with Gasteiger partial charge in [0.25, 0.3) is 0 Å². The van der Waals surface area contributed by atoms with Crippen molar-refractivity contribution in [2.24, 2.45) is 10.8 Å². The molecule has 0 aromatic carbocycles. The van der Waals surface area contributed by atoms with Crippen LogP contribution < -0.4 is 5.32 Å². The summed E-state index contributed by atoms with van der Waals surface area (Å²) in [5.74, 6) is 0.202. The summed E-state index contributed by atoms with van der Waals surface area (Å²) >= 11 is 0. The number of carbonyl (C=O) groups excluding carboxylic acids is 1. The van der Waals surface area contributed by atoms with Crippen LogP contribution in [-0.4, -0.2) is 11.9 Å². The summed E-state index contributed by atoms with van der Waals surface area (Å²) in [5.41, 5.74) is 0.525. The van der Waals surface area contributed by atoms with E-state index in [2.05, 4.69) is 46.9 Å². The van der Waals surface area contributed by atoms with E-state index >= 15 is 0 Å². The van der Waals surface area contributed by atoms with E-state index < -0.39 is 0 Å². The fraction of sp³-hybridized carbons (Fsp3) is 0.938. The van der Waals surface area contributed by atoms with E-state index in [0.717, 1.165) is 12.8 Å². The van der Waals surface area contributed by atoms with Crippen LogP contribution in [0.25, 0.3) is 0 Å². The van der Waals surface area contributed by atoms with E-state index in [4.69, 9.17) is 0 Å². The minimum absolute atomic E-state index is 0.140. The predicted octanol–water partition coefficient (Wildman–Crippen LogP) is 4.53. The fourth-order valence-corrected chi connectivity index (χ4v) is 2.05. The van der Waals surface area contributed by atoms with Gasteiger partial charge in [0, 0.05) is 12.5 Å². The summed E-state index contributed by atoms with van der Waals surface area (Å²) in [6.45, 7) is 15.5. The predicted molar refractivity (Wildman–Crippen MR) is 79.6 cm³/mol. The SMILES string of the molecule is CCCC(=O)NC(CCCC(C)(C)C)C(C)(C)C. The van der Waals surface area contributed by atoms with E-state index in [9.17, 15) is 4.79 Å². The van der Waals surface area contributed by atoms with Gasteiger partial charge in [0.1, 0.15) is 0 Å². The molecule has 108 valence electrons. The Hall–Kier alpha value is -0.530. The molecule has 1 atom stereocenters. The van der Waals surface area contributed by atoms with Crippen molar-refractivity contribution in [1.29, 1.82) is 0 Å². The minimum atomic E-state index is 0.140. The molecular formula is C16H33NO. The number of carbonyl (C=O) groups is 1. The number of nitrogens with one attached hydrogen (secondary N) is 1. The highest BCUT2D eigenvalue weighted by atomic mass is 16.1. The van der Waals surface area contributed by atoms with Crippen LogP contribution >= 0.6 is 0 Å². The van der Waals surface area contributed by atoms with Crippen molar-refractivity contribution >= 4 is 5.91 Å². The Morgan fingerprint density at radius 1 is 1.11 bits per heavy atom. The molecule has 0 aliphatic rings. The van der Waals surface area contributed by atoms with Gasteiger partial charge in [-0.1, -0.05) is 54.9 Å². The van der Waals surface area contributed by atoms with Gasteiger partial charge >= 0.3 is 0 Å². The third-order valence-electron chi connectivity index (χ3n) is 3.28. The zero-order chi connectivity index (χ0) is 14.4. The van der Waals surface area contributed by atoms with Crippen molar-refractivity contribution in [3.8, 4) is 0 Å². The Labute approximate surface area is 114 Å². The van der Waals surface area contributed by atoms with Crippen LogP contribution in [0.5, 0.6) is 0 Å². The Bertz CT molecular complexity index is 245. The van der Waals surface area contributed by atoms with Crippen LogP contribution in [0.2, 0.25) is 0 Å². The van der Waals surface area contributed by atoms with Crippen LogP contribution in [0.1, 0.15) is 80.6 Å². The van der Waals surface area contributed by atoms with Crippen LogP contribution in [0.3, 0.4) is 0 Å². The molecule has 1 N–H and O–H groups in total. The molecule has 0 rings (SSSR count). The van der Waals surface area contributed by atoms with Crippen LogP contribution in [0.4, 0.5) is 0 Å². The van der Waals surface area contributed by atoms with Gasteiger partial charge in [-0.15, -0.1) is 0 Å². The van der Waals surface area contributed by atoms with Crippen molar-refractivity contribution in [2.75, 3.05) is 0 Å². The molecular weight excluding hydrogens is 222 g/mol. The smallest absolute Gasteiger partial charge is 0.220 e. The van der Waals surface area contributed by atoms with Crippen LogP contribution in [0, 0.1) is 10.8 Å². The van der Waals surface area contributed by atoms with E-state index in [0.29, 0.717) is 17.9 Å². The number of hydrogen-bond acceptors (Lipinski definition) is 1.